The van der Waals surface area contributed by atoms with E-state index in [9.17, 15) is 10.1 Å². The first-order valence-electron chi connectivity index (χ1n) is 7.08. The molecule has 0 aliphatic carbocycles. The van der Waals surface area contributed by atoms with E-state index in [1.807, 2.05) is 30.3 Å². The van der Waals surface area contributed by atoms with Gasteiger partial charge < -0.3 is 9.88 Å². The van der Waals surface area contributed by atoms with Crippen molar-refractivity contribution in [2.24, 2.45) is 5.92 Å². The van der Waals surface area contributed by atoms with Crippen LogP contribution in [0.4, 0.5) is 0 Å². The van der Waals surface area contributed by atoms with Gasteiger partial charge in [-0.3, -0.25) is 4.79 Å². The highest BCUT2D eigenvalue weighted by Gasteiger charge is 2.17. The van der Waals surface area contributed by atoms with Crippen LogP contribution < -0.4 is 5.32 Å². The lowest BCUT2D eigenvalue weighted by Gasteiger charge is -2.11. The van der Waals surface area contributed by atoms with Gasteiger partial charge in [-0.05, 0) is 30.5 Å². The molecule has 0 atom stereocenters. The van der Waals surface area contributed by atoms with Gasteiger partial charge in [-0.1, -0.05) is 32.0 Å². The van der Waals surface area contributed by atoms with Crippen molar-refractivity contribution in [2.45, 2.75) is 20.3 Å². The molecule has 0 fully saturated rings. The first kappa shape index (κ1) is 14.9. The summed E-state index contributed by atoms with van der Waals surface area (Å²) < 4.78 is 1.75. The second kappa shape index (κ2) is 6.76. The molecule has 108 valence electrons. The summed E-state index contributed by atoms with van der Waals surface area (Å²) in [5.74, 6) is 0.322. The van der Waals surface area contributed by atoms with E-state index in [0.717, 1.165) is 12.1 Å². The summed E-state index contributed by atoms with van der Waals surface area (Å²) in [6, 6.07) is 13.3. The van der Waals surface area contributed by atoms with Crippen LogP contribution in [0.5, 0.6) is 0 Å². The predicted molar refractivity (Wildman–Crippen MR) is 82.3 cm³/mol. The summed E-state index contributed by atoms with van der Waals surface area (Å²) in [5, 5.41) is 12.1. The lowest BCUT2D eigenvalue weighted by atomic mass is 10.1. The molecule has 0 radical (unpaired) electrons. The van der Waals surface area contributed by atoms with Gasteiger partial charge in [-0.15, -0.1) is 0 Å². The van der Waals surface area contributed by atoms with Gasteiger partial charge in [0, 0.05) is 18.4 Å². The highest BCUT2D eigenvalue weighted by atomic mass is 16.1. The predicted octanol–water partition coefficient (Wildman–Crippen LogP) is 3.12. The number of nitrogens with zero attached hydrogens (tertiary/aromatic N) is 2. The average molecular weight is 281 g/mol. The molecule has 0 aliphatic heterocycles. The topological polar surface area (TPSA) is 57.8 Å². The Hall–Kier alpha value is -2.54. The van der Waals surface area contributed by atoms with E-state index in [0.29, 0.717) is 23.7 Å². The number of rotatable bonds is 5. The van der Waals surface area contributed by atoms with Crippen LogP contribution >= 0.6 is 0 Å². The van der Waals surface area contributed by atoms with E-state index >= 15 is 0 Å². The average Bonchev–Trinajstić information content (AvgIpc) is 2.91. The van der Waals surface area contributed by atoms with Crippen LogP contribution in [0.25, 0.3) is 5.69 Å². The molecule has 1 N–H and O–H groups in total. The summed E-state index contributed by atoms with van der Waals surface area (Å²) in [6.07, 6.45) is 2.67. The molecule has 1 amide bonds. The van der Waals surface area contributed by atoms with Crippen LogP contribution in [0, 0.1) is 17.2 Å². The van der Waals surface area contributed by atoms with Gasteiger partial charge in [0.25, 0.3) is 5.91 Å². The number of para-hydroxylation sites is 1. The fourth-order valence-corrected chi connectivity index (χ4v) is 2.12. The smallest absolute Gasteiger partial charge is 0.269 e. The van der Waals surface area contributed by atoms with Crippen molar-refractivity contribution >= 4 is 5.91 Å². The quantitative estimate of drug-likeness (QED) is 0.915. The molecule has 2 aromatic rings. The summed E-state index contributed by atoms with van der Waals surface area (Å²) in [6.45, 7) is 4.83. The molecule has 0 saturated carbocycles. The molecule has 0 bridgehead atoms. The minimum absolute atomic E-state index is 0.207. The summed E-state index contributed by atoms with van der Waals surface area (Å²) in [7, 11) is 0. The summed E-state index contributed by atoms with van der Waals surface area (Å²) in [4.78, 5) is 12.4. The Kier molecular flexibility index (Phi) is 4.78. The molecule has 1 aromatic heterocycles. The van der Waals surface area contributed by atoms with Gasteiger partial charge >= 0.3 is 0 Å². The lowest BCUT2D eigenvalue weighted by Crippen LogP contribution is -2.28. The molecule has 2 rings (SSSR count). The molecular formula is C17H19N3O. The standard InChI is InChI=1S/C17H19N3O/c1-13(2)8-10-19-17(21)16-14(12-18)9-11-20(16)15-6-4-3-5-7-15/h3-7,9,11,13H,8,10H2,1-2H3,(H,19,21). The SMILES string of the molecule is CC(C)CCNC(=O)c1c(C#N)ccn1-c1ccccc1. The zero-order chi connectivity index (χ0) is 15.2. The number of carbonyl (C=O) groups excluding carboxylic acids is 1. The Balaban J connectivity index is 2.27. The fourth-order valence-electron chi connectivity index (χ4n) is 2.12. The first-order chi connectivity index (χ1) is 10.1. The molecule has 0 unspecified atom stereocenters. The molecule has 0 spiro atoms. The van der Waals surface area contributed by atoms with Crippen molar-refractivity contribution in [2.75, 3.05) is 6.54 Å². The van der Waals surface area contributed by atoms with Gasteiger partial charge in [0.1, 0.15) is 11.8 Å². The number of benzene rings is 1. The molecule has 1 aromatic carbocycles. The Morgan fingerprint density at radius 1 is 1.29 bits per heavy atom. The Bertz CT molecular complexity index is 650. The van der Waals surface area contributed by atoms with E-state index in [4.69, 9.17) is 0 Å². The van der Waals surface area contributed by atoms with Crippen molar-refractivity contribution < 1.29 is 4.79 Å². The minimum atomic E-state index is -0.207. The third kappa shape index (κ3) is 3.51. The van der Waals surface area contributed by atoms with Crippen molar-refractivity contribution in [3.63, 3.8) is 0 Å². The number of hydrogen-bond acceptors (Lipinski definition) is 2. The zero-order valence-electron chi connectivity index (χ0n) is 12.3. The van der Waals surface area contributed by atoms with Crippen LogP contribution in [0.3, 0.4) is 0 Å². The highest BCUT2D eigenvalue weighted by Crippen LogP contribution is 2.16. The largest absolute Gasteiger partial charge is 0.351 e. The second-order valence-electron chi connectivity index (χ2n) is 5.33. The number of carbonyl (C=O) groups is 1. The van der Waals surface area contributed by atoms with Crippen molar-refractivity contribution in [1.29, 1.82) is 5.26 Å². The van der Waals surface area contributed by atoms with Crippen molar-refractivity contribution in [1.82, 2.24) is 9.88 Å². The van der Waals surface area contributed by atoms with E-state index in [1.165, 1.54) is 0 Å². The van der Waals surface area contributed by atoms with E-state index in [-0.39, 0.29) is 5.91 Å². The maximum atomic E-state index is 12.4. The minimum Gasteiger partial charge on any atom is -0.351 e. The fraction of sp³-hybridized carbons (Fsp3) is 0.294. The molecule has 1 heterocycles. The molecule has 21 heavy (non-hydrogen) atoms. The highest BCUT2D eigenvalue weighted by molar-refractivity contribution is 5.95. The third-order valence-electron chi connectivity index (χ3n) is 3.26. The van der Waals surface area contributed by atoms with Crippen LogP contribution in [0.2, 0.25) is 0 Å². The van der Waals surface area contributed by atoms with Gasteiger partial charge in [-0.2, -0.15) is 5.26 Å². The van der Waals surface area contributed by atoms with Gasteiger partial charge in [0.15, 0.2) is 0 Å². The monoisotopic (exact) mass is 281 g/mol. The number of nitrogens with one attached hydrogen (secondary N) is 1. The molecule has 0 saturated heterocycles. The normalized spacial score (nSPS) is 10.4. The number of hydrogen-bond donors (Lipinski definition) is 1. The van der Waals surface area contributed by atoms with Crippen LogP contribution in [0.1, 0.15) is 36.3 Å². The molecule has 4 nitrogen and oxygen atoms in total. The third-order valence-corrected chi connectivity index (χ3v) is 3.26. The van der Waals surface area contributed by atoms with Gasteiger partial charge in [0.2, 0.25) is 0 Å². The van der Waals surface area contributed by atoms with Crippen LogP contribution in [-0.2, 0) is 0 Å². The van der Waals surface area contributed by atoms with E-state index < -0.39 is 0 Å². The van der Waals surface area contributed by atoms with E-state index in [1.54, 1.807) is 16.8 Å². The Labute approximate surface area is 125 Å². The second-order valence-corrected chi connectivity index (χ2v) is 5.33. The first-order valence-corrected chi connectivity index (χ1v) is 7.08. The van der Waals surface area contributed by atoms with Crippen LogP contribution in [0.15, 0.2) is 42.6 Å². The lowest BCUT2D eigenvalue weighted by molar-refractivity contribution is 0.0945. The van der Waals surface area contributed by atoms with E-state index in [2.05, 4.69) is 25.2 Å². The van der Waals surface area contributed by atoms with Gasteiger partial charge in [-0.25, -0.2) is 0 Å². The maximum absolute atomic E-state index is 12.4. The van der Waals surface area contributed by atoms with Gasteiger partial charge in [0.05, 0.1) is 5.56 Å². The van der Waals surface area contributed by atoms with Crippen molar-refractivity contribution in [3.05, 3.63) is 53.9 Å². The maximum Gasteiger partial charge on any atom is 0.269 e. The number of amides is 1. The summed E-state index contributed by atoms with van der Waals surface area (Å²) >= 11 is 0. The number of aromatic nitrogens is 1. The zero-order valence-corrected chi connectivity index (χ0v) is 12.3. The molecule has 0 aliphatic rings. The number of nitriles is 1. The van der Waals surface area contributed by atoms with Crippen molar-refractivity contribution in [3.8, 4) is 11.8 Å². The Morgan fingerprint density at radius 3 is 2.62 bits per heavy atom. The molecule has 4 heteroatoms. The summed E-state index contributed by atoms with van der Waals surface area (Å²) in [5.41, 5.74) is 1.65. The van der Waals surface area contributed by atoms with Crippen LogP contribution in [-0.4, -0.2) is 17.0 Å². The molecular weight excluding hydrogens is 262 g/mol. The Morgan fingerprint density at radius 2 is 2.00 bits per heavy atom.